The van der Waals surface area contributed by atoms with Gasteiger partial charge in [0.05, 0.1) is 22.6 Å². The van der Waals surface area contributed by atoms with Crippen LogP contribution in [0.3, 0.4) is 0 Å². The van der Waals surface area contributed by atoms with Gasteiger partial charge < -0.3 is 4.90 Å². The third-order valence-corrected chi connectivity index (χ3v) is 8.27. The molecule has 0 saturated carbocycles. The Morgan fingerprint density at radius 1 is 1.14 bits per heavy atom. The van der Waals surface area contributed by atoms with Crippen molar-refractivity contribution in [3.8, 4) is 0 Å². The molecule has 0 aromatic heterocycles. The smallest absolute Gasteiger partial charge is 0.227 e. The van der Waals surface area contributed by atoms with E-state index in [1.54, 1.807) is 49.1 Å². The highest BCUT2D eigenvalue weighted by atomic mass is 35.5. The summed E-state index contributed by atoms with van der Waals surface area (Å²) >= 11 is 12.4. The lowest BCUT2D eigenvalue weighted by atomic mass is 9.93. The van der Waals surface area contributed by atoms with Crippen molar-refractivity contribution in [3.63, 3.8) is 0 Å². The Hall–Kier alpha value is -1.56. The normalized spacial score (nSPS) is 16.9. The summed E-state index contributed by atoms with van der Waals surface area (Å²) in [5, 5.41) is 0.448. The zero-order valence-electron chi connectivity index (χ0n) is 16.1. The molecule has 1 amide bonds. The van der Waals surface area contributed by atoms with E-state index >= 15 is 0 Å². The molecule has 7 heteroatoms. The van der Waals surface area contributed by atoms with Crippen LogP contribution in [-0.2, 0) is 27.5 Å². The van der Waals surface area contributed by atoms with E-state index in [1.807, 2.05) is 13.0 Å². The van der Waals surface area contributed by atoms with E-state index in [-0.39, 0.29) is 18.4 Å². The maximum atomic E-state index is 13.0. The van der Waals surface area contributed by atoms with Crippen molar-refractivity contribution in [2.75, 3.05) is 6.54 Å². The highest BCUT2D eigenvalue weighted by Gasteiger charge is 2.32. The summed E-state index contributed by atoms with van der Waals surface area (Å²) in [6, 6.07) is 10.3. The number of carbonyl (C=O) groups is 1. The molecule has 1 aliphatic rings. The Morgan fingerprint density at radius 2 is 1.75 bits per heavy atom. The van der Waals surface area contributed by atoms with Crippen molar-refractivity contribution in [2.45, 2.75) is 49.8 Å². The van der Waals surface area contributed by atoms with Gasteiger partial charge in [-0.1, -0.05) is 41.4 Å². The number of fused-ring (bicyclic) bond motifs is 1. The van der Waals surface area contributed by atoms with E-state index in [0.717, 1.165) is 11.1 Å². The van der Waals surface area contributed by atoms with Crippen LogP contribution in [0.25, 0.3) is 0 Å². The standard InChI is InChI=1S/C21H23Cl2NO3S/c1-13(2)28(26,27)20-9-4-6-15-14(3)24(11-10-16(15)20)21(25)12-17-18(22)7-5-8-19(17)23/h4-9,13-14H,10-12H2,1-3H3. The molecule has 0 bridgehead atoms. The first-order chi connectivity index (χ1) is 13.1. The fourth-order valence-electron chi connectivity index (χ4n) is 3.65. The van der Waals surface area contributed by atoms with Gasteiger partial charge in [-0.25, -0.2) is 8.42 Å². The van der Waals surface area contributed by atoms with Crippen LogP contribution in [0, 0.1) is 0 Å². The predicted molar refractivity (Wildman–Crippen MR) is 113 cm³/mol. The van der Waals surface area contributed by atoms with Crippen molar-refractivity contribution in [3.05, 3.63) is 63.1 Å². The molecule has 4 nitrogen and oxygen atoms in total. The van der Waals surface area contributed by atoms with Crippen LogP contribution in [0.5, 0.6) is 0 Å². The Labute approximate surface area is 176 Å². The zero-order valence-corrected chi connectivity index (χ0v) is 18.4. The molecule has 2 aromatic carbocycles. The first kappa shape index (κ1) is 21.2. The summed E-state index contributed by atoms with van der Waals surface area (Å²) < 4.78 is 25.5. The number of carbonyl (C=O) groups excluding carboxylic acids is 1. The molecule has 28 heavy (non-hydrogen) atoms. The van der Waals surface area contributed by atoms with Gasteiger partial charge in [0.25, 0.3) is 0 Å². The third kappa shape index (κ3) is 3.80. The first-order valence-electron chi connectivity index (χ1n) is 9.22. The van der Waals surface area contributed by atoms with Crippen molar-refractivity contribution < 1.29 is 13.2 Å². The maximum Gasteiger partial charge on any atom is 0.227 e. The molecule has 1 heterocycles. The second-order valence-corrected chi connectivity index (χ2v) is 10.6. The molecule has 1 unspecified atom stereocenters. The fraction of sp³-hybridized carbons (Fsp3) is 0.381. The van der Waals surface area contributed by atoms with Crippen LogP contribution in [0.2, 0.25) is 10.0 Å². The van der Waals surface area contributed by atoms with Crippen LogP contribution in [0.15, 0.2) is 41.3 Å². The van der Waals surface area contributed by atoms with E-state index in [9.17, 15) is 13.2 Å². The van der Waals surface area contributed by atoms with E-state index in [0.29, 0.717) is 33.5 Å². The Morgan fingerprint density at radius 3 is 2.36 bits per heavy atom. The minimum absolute atomic E-state index is 0.0785. The van der Waals surface area contributed by atoms with Crippen LogP contribution in [0.1, 0.15) is 43.5 Å². The molecule has 1 atom stereocenters. The number of benzene rings is 2. The van der Waals surface area contributed by atoms with Gasteiger partial charge >= 0.3 is 0 Å². The number of sulfone groups is 1. The van der Waals surface area contributed by atoms with Crippen molar-refractivity contribution in [1.29, 1.82) is 0 Å². The van der Waals surface area contributed by atoms with E-state index in [2.05, 4.69) is 0 Å². The zero-order chi connectivity index (χ0) is 20.6. The monoisotopic (exact) mass is 439 g/mol. The van der Waals surface area contributed by atoms with Crippen molar-refractivity contribution in [2.24, 2.45) is 0 Å². The van der Waals surface area contributed by atoms with Gasteiger partial charge in [0, 0.05) is 16.6 Å². The van der Waals surface area contributed by atoms with Gasteiger partial charge in [-0.15, -0.1) is 0 Å². The van der Waals surface area contributed by atoms with Crippen LogP contribution >= 0.6 is 23.2 Å². The third-order valence-electron chi connectivity index (χ3n) is 5.33. The van der Waals surface area contributed by atoms with E-state index < -0.39 is 15.1 Å². The molecule has 0 radical (unpaired) electrons. The predicted octanol–water partition coefficient (Wildman–Crippen LogP) is 4.86. The molecule has 0 spiro atoms. The lowest BCUT2D eigenvalue weighted by molar-refractivity contribution is -0.133. The summed E-state index contributed by atoms with van der Waals surface area (Å²) in [6.45, 7) is 5.75. The molecule has 0 aliphatic carbocycles. The lowest BCUT2D eigenvalue weighted by Crippen LogP contribution is -2.40. The second kappa shape index (κ2) is 8.05. The number of amides is 1. The quantitative estimate of drug-likeness (QED) is 0.682. The summed E-state index contributed by atoms with van der Waals surface area (Å²) in [5.74, 6) is -0.0785. The Balaban J connectivity index is 1.91. The molecular weight excluding hydrogens is 417 g/mol. The SMILES string of the molecule is CC1c2cccc(S(=O)(=O)C(C)C)c2CCN1C(=O)Cc1c(Cl)cccc1Cl. The van der Waals surface area contributed by atoms with Crippen molar-refractivity contribution >= 4 is 38.9 Å². The lowest BCUT2D eigenvalue weighted by Gasteiger charge is -2.36. The molecular formula is C21H23Cl2NO3S. The average molecular weight is 440 g/mol. The molecule has 0 saturated heterocycles. The topological polar surface area (TPSA) is 54.5 Å². The molecule has 2 aromatic rings. The number of nitrogens with zero attached hydrogens (tertiary/aromatic N) is 1. The van der Waals surface area contributed by atoms with Gasteiger partial charge in [-0.05, 0) is 62.1 Å². The summed E-state index contributed by atoms with van der Waals surface area (Å²) in [5.41, 5.74) is 2.32. The average Bonchev–Trinajstić information content (AvgIpc) is 2.64. The minimum atomic E-state index is -3.38. The van der Waals surface area contributed by atoms with Crippen LogP contribution < -0.4 is 0 Å². The van der Waals surface area contributed by atoms with Gasteiger partial charge in [0.15, 0.2) is 9.84 Å². The molecule has 150 valence electrons. The molecule has 0 fully saturated rings. The maximum absolute atomic E-state index is 13.0. The minimum Gasteiger partial charge on any atom is -0.335 e. The summed E-state index contributed by atoms with van der Waals surface area (Å²) in [4.78, 5) is 15.1. The summed E-state index contributed by atoms with van der Waals surface area (Å²) in [6.07, 6.45) is 0.617. The van der Waals surface area contributed by atoms with Gasteiger partial charge in [0.2, 0.25) is 5.91 Å². The molecule has 0 N–H and O–H groups in total. The van der Waals surface area contributed by atoms with Gasteiger partial charge in [-0.2, -0.15) is 0 Å². The molecule has 3 rings (SSSR count). The number of hydrogen-bond donors (Lipinski definition) is 0. The van der Waals surface area contributed by atoms with E-state index in [1.165, 1.54) is 0 Å². The van der Waals surface area contributed by atoms with Gasteiger partial charge in [0.1, 0.15) is 0 Å². The fourth-order valence-corrected chi connectivity index (χ4v) is 5.52. The van der Waals surface area contributed by atoms with E-state index in [4.69, 9.17) is 23.2 Å². The number of hydrogen-bond acceptors (Lipinski definition) is 3. The van der Waals surface area contributed by atoms with Crippen LogP contribution in [0.4, 0.5) is 0 Å². The largest absolute Gasteiger partial charge is 0.335 e. The first-order valence-corrected chi connectivity index (χ1v) is 11.5. The Bertz CT molecular complexity index is 998. The second-order valence-electron chi connectivity index (χ2n) is 7.31. The molecule has 1 aliphatic heterocycles. The highest BCUT2D eigenvalue weighted by Crippen LogP contribution is 2.35. The number of halogens is 2. The van der Waals surface area contributed by atoms with Gasteiger partial charge in [-0.3, -0.25) is 4.79 Å². The Kier molecular flexibility index (Phi) is 6.08. The van der Waals surface area contributed by atoms with Crippen molar-refractivity contribution in [1.82, 2.24) is 4.90 Å². The number of rotatable bonds is 4. The summed E-state index contributed by atoms with van der Waals surface area (Å²) in [7, 11) is -3.38. The van der Waals surface area contributed by atoms with Crippen LogP contribution in [-0.4, -0.2) is 31.0 Å². The highest BCUT2D eigenvalue weighted by molar-refractivity contribution is 7.92.